The molecule has 7 unspecified atom stereocenters. The Hall–Kier alpha value is -1.12. The number of hydrogen-bond acceptors (Lipinski definition) is 2. The highest BCUT2D eigenvalue weighted by atomic mass is 35.5. The topological polar surface area (TPSA) is 37.3 Å². The minimum Gasteiger partial charge on any atom is -0.393 e. The number of Topliss-reactive ketones (excluding diaryl/α,β-unsaturated/α-hetero) is 1. The predicted molar refractivity (Wildman–Crippen MR) is 118 cm³/mol. The second-order valence-electron chi connectivity index (χ2n) is 10.8. The van der Waals surface area contributed by atoms with E-state index in [9.17, 15) is 9.90 Å². The van der Waals surface area contributed by atoms with Gasteiger partial charge in [-0.25, -0.2) is 0 Å². The van der Waals surface area contributed by atoms with Gasteiger partial charge in [-0.15, -0.1) is 0 Å². The third-order valence-corrected chi connectivity index (χ3v) is 9.86. The lowest BCUT2D eigenvalue weighted by Gasteiger charge is -2.59. The van der Waals surface area contributed by atoms with Gasteiger partial charge in [0.05, 0.1) is 6.10 Å². The first-order chi connectivity index (χ1) is 13.8. The summed E-state index contributed by atoms with van der Waals surface area (Å²) in [5, 5.41) is 10.9. The number of carbonyl (C=O) groups excluding carboxylic acids is 1. The average Bonchev–Trinajstić information content (AvgIpc) is 2.95. The van der Waals surface area contributed by atoms with Gasteiger partial charge in [0.1, 0.15) is 0 Å². The molecule has 1 N–H and O–H groups in total. The van der Waals surface area contributed by atoms with Crippen LogP contribution in [0.3, 0.4) is 0 Å². The molecule has 3 heteroatoms. The van der Waals surface area contributed by atoms with Crippen molar-refractivity contribution < 1.29 is 9.90 Å². The number of fused-ring (bicyclic) bond motifs is 5. The zero-order chi connectivity index (χ0) is 20.4. The van der Waals surface area contributed by atoms with Gasteiger partial charge < -0.3 is 5.11 Å². The van der Waals surface area contributed by atoms with Crippen LogP contribution in [0.5, 0.6) is 0 Å². The highest BCUT2D eigenvalue weighted by Crippen LogP contribution is 2.66. The van der Waals surface area contributed by atoms with E-state index in [1.165, 1.54) is 19.3 Å². The van der Waals surface area contributed by atoms with Crippen molar-refractivity contribution in [2.24, 2.45) is 34.5 Å². The Morgan fingerprint density at radius 1 is 1.07 bits per heavy atom. The lowest BCUT2D eigenvalue weighted by atomic mass is 9.45. The van der Waals surface area contributed by atoms with Crippen LogP contribution in [-0.4, -0.2) is 17.0 Å². The molecule has 7 atom stereocenters. The second-order valence-corrected chi connectivity index (χ2v) is 11.2. The van der Waals surface area contributed by atoms with Crippen molar-refractivity contribution in [3.8, 4) is 0 Å². The molecule has 1 aromatic rings. The molecule has 0 bridgehead atoms. The summed E-state index contributed by atoms with van der Waals surface area (Å²) in [5.74, 6) is 2.84. The van der Waals surface area contributed by atoms with Gasteiger partial charge in [-0.3, -0.25) is 4.79 Å². The number of aliphatic hydroxyl groups excluding tert-OH is 1. The number of halogens is 1. The van der Waals surface area contributed by atoms with E-state index in [0.29, 0.717) is 34.9 Å². The van der Waals surface area contributed by atoms with Gasteiger partial charge in [0.25, 0.3) is 0 Å². The number of aliphatic hydroxyl groups is 1. The molecule has 29 heavy (non-hydrogen) atoms. The Morgan fingerprint density at radius 3 is 2.66 bits per heavy atom. The quantitative estimate of drug-likeness (QED) is 0.549. The molecule has 4 aliphatic rings. The average molecular weight is 413 g/mol. The first-order valence-electron chi connectivity index (χ1n) is 11.5. The maximum absolute atomic E-state index is 13.5. The van der Waals surface area contributed by atoms with Gasteiger partial charge in [0, 0.05) is 10.4 Å². The number of ketones is 1. The number of rotatable bonds is 1. The molecule has 0 aliphatic heterocycles. The molecular weight excluding hydrogens is 380 g/mol. The van der Waals surface area contributed by atoms with Crippen molar-refractivity contribution >= 4 is 23.5 Å². The van der Waals surface area contributed by atoms with E-state index in [4.69, 9.17) is 11.6 Å². The van der Waals surface area contributed by atoms with E-state index < -0.39 is 0 Å². The third-order valence-electron chi connectivity index (χ3n) is 9.51. The summed E-state index contributed by atoms with van der Waals surface area (Å²) in [5.41, 5.74) is 2.10. The molecule has 0 spiro atoms. The summed E-state index contributed by atoms with van der Waals surface area (Å²) in [6.07, 6.45) is 10.6. The fraction of sp³-hybridized carbons (Fsp3) is 0.654. The molecule has 4 fully saturated rings. The first kappa shape index (κ1) is 19.8. The monoisotopic (exact) mass is 412 g/mol. The number of hydrogen-bond donors (Lipinski definition) is 1. The van der Waals surface area contributed by atoms with Crippen molar-refractivity contribution in [1.29, 1.82) is 0 Å². The second kappa shape index (κ2) is 6.95. The van der Waals surface area contributed by atoms with Crippen LogP contribution >= 0.6 is 11.6 Å². The summed E-state index contributed by atoms with van der Waals surface area (Å²) < 4.78 is 0. The van der Waals surface area contributed by atoms with Crippen LogP contribution in [0.25, 0.3) is 6.08 Å². The smallest absolute Gasteiger partial charge is 0.165 e. The van der Waals surface area contributed by atoms with Gasteiger partial charge in [0.2, 0.25) is 0 Å². The summed E-state index contributed by atoms with van der Waals surface area (Å²) in [4.78, 5) is 13.5. The van der Waals surface area contributed by atoms with Crippen LogP contribution in [-0.2, 0) is 4.79 Å². The van der Waals surface area contributed by atoms with Gasteiger partial charge >= 0.3 is 0 Å². The summed E-state index contributed by atoms with van der Waals surface area (Å²) in [7, 11) is 0. The fourth-order valence-corrected chi connectivity index (χ4v) is 8.01. The highest BCUT2D eigenvalue weighted by Gasteiger charge is 2.61. The van der Waals surface area contributed by atoms with Gasteiger partial charge in [-0.1, -0.05) is 43.6 Å². The van der Waals surface area contributed by atoms with Crippen LogP contribution in [0.2, 0.25) is 5.02 Å². The molecule has 0 radical (unpaired) electrons. The lowest BCUT2D eigenvalue weighted by Crippen LogP contribution is -2.54. The van der Waals surface area contributed by atoms with Crippen LogP contribution in [0.4, 0.5) is 0 Å². The normalized spacial score (nSPS) is 45.6. The Bertz CT molecular complexity index is 860. The van der Waals surface area contributed by atoms with Crippen LogP contribution in [0, 0.1) is 34.5 Å². The molecule has 2 nitrogen and oxygen atoms in total. The van der Waals surface area contributed by atoms with Crippen LogP contribution < -0.4 is 0 Å². The van der Waals surface area contributed by atoms with E-state index in [1.54, 1.807) is 0 Å². The maximum atomic E-state index is 13.5. The maximum Gasteiger partial charge on any atom is 0.165 e. The zero-order valence-electron chi connectivity index (χ0n) is 17.7. The van der Waals surface area contributed by atoms with Crippen molar-refractivity contribution in [3.63, 3.8) is 0 Å². The minimum atomic E-state index is -0.203. The molecule has 1 aromatic carbocycles. The SMILES string of the molecule is CC12CCC3C(CCC4CC(O)CCC43C)C1C/C(=C/c1ccccc1Cl)C2=O. The number of allylic oxidation sites excluding steroid dienone is 1. The minimum absolute atomic E-state index is 0.100. The third kappa shape index (κ3) is 2.97. The lowest BCUT2D eigenvalue weighted by molar-refractivity contribution is -0.141. The Labute approximate surface area is 179 Å². The van der Waals surface area contributed by atoms with E-state index in [0.717, 1.165) is 48.3 Å². The van der Waals surface area contributed by atoms with E-state index in [1.807, 2.05) is 24.3 Å². The summed E-state index contributed by atoms with van der Waals surface area (Å²) in [6.45, 7) is 4.74. The van der Waals surface area contributed by atoms with Gasteiger partial charge in [-0.05, 0) is 104 Å². The van der Waals surface area contributed by atoms with Gasteiger partial charge in [-0.2, -0.15) is 0 Å². The molecule has 156 valence electrons. The molecule has 4 saturated carbocycles. The number of benzene rings is 1. The fourth-order valence-electron chi connectivity index (χ4n) is 7.81. The molecular formula is C26H33ClO2. The van der Waals surface area contributed by atoms with Crippen molar-refractivity contribution in [2.45, 2.75) is 71.3 Å². The Morgan fingerprint density at radius 2 is 1.86 bits per heavy atom. The van der Waals surface area contributed by atoms with Crippen molar-refractivity contribution in [2.75, 3.05) is 0 Å². The van der Waals surface area contributed by atoms with Crippen LogP contribution in [0.1, 0.15) is 70.8 Å². The predicted octanol–water partition coefficient (Wildman–Crippen LogP) is 6.31. The number of carbonyl (C=O) groups is 1. The van der Waals surface area contributed by atoms with Crippen molar-refractivity contribution in [1.82, 2.24) is 0 Å². The van der Waals surface area contributed by atoms with Crippen LogP contribution in [0.15, 0.2) is 29.8 Å². The Balaban J connectivity index is 1.46. The zero-order valence-corrected chi connectivity index (χ0v) is 18.4. The molecule has 0 saturated heterocycles. The summed E-state index contributed by atoms with van der Waals surface area (Å²) >= 11 is 6.38. The van der Waals surface area contributed by atoms with Gasteiger partial charge in [0.15, 0.2) is 5.78 Å². The summed E-state index contributed by atoms with van der Waals surface area (Å²) in [6, 6.07) is 7.84. The Kier molecular flexibility index (Phi) is 4.75. The molecule has 0 heterocycles. The van der Waals surface area contributed by atoms with Crippen molar-refractivity contribution in [3.05, 3.63) is 40.4 Å². The molecule has 4 aliphatic carbocycles. The van der Waals surface area contributed by atoms with E-state index >= 15 is 0 Å². The first-order valence-corrected chi connectivity index (χ1v) is 11.9. The highest BCUT2D eigenvalue weighted by molar-refractivity contribution is 6.32. The molecule has 5 rings (SSSR count). The van der Waals surface area contributed by atoms with E-state index in [-0.39, 0.29) is 11.5 Å². The standard InChI is InChI=1S/C26H33ClO2/c1-25-11-9-19(28)15-18(25)7-8-20-21(25)10-12-26(2)22(20)14-17(24(26)29)13-16-5-3-4-6-23(16)27/h3-6,13,18-22,28H,7-12,14-15H2,1-2H3/b17-13-. The largest absolute Gasteiger partial charge is 0.393 e. The van der Waals surface area contributed by atoms with E-state index in [2.05, 4.69) is 19.9 Å². The molecule has 0 aromatic heterocycles. The molecule has 0 amide bonds.